The van der Waals surface area contributed by atoms with Gasteiger partial charge in [0.15, 0.2) is 0 Å². The number of aromatic hydroxyl groups is 1. The van der Waals surface area contributed by atoms with Crippen molar-refractivity contribution in [1.29, 1.82) is 0 Å². The van der Waals surface area contributed by atoms with Crippen LogP contribution in [-0.4, -0.2) is 20.2 Å². The smallest absolute Gasteiger partial charge is 0.262 e. The zero-order valence-electron chi connectivity index (χ0n) is 9.92. The maximum atomic E-state index is 13.2. The molecule has 0 atom stereocenters. The van der Waals surface area contributed by atoms with Crippen LogP contribution in [0.1, 0.15) is 0 Å². The molecule has 0 aliphatic heterocycles. The second kappa shape index (κ2) is 5.01. The Labute approximate surface area is 121 Å². The van der Waals surface area contributed by atoms with Crippen LogP contribution in [0.5, 0.6) is 5.75 Å². The van der Waals surface area contributed by atoms with Crippen LogP contribution in [0.4, 0.5) is 4.39 Å². The highest BCUT2D eigenvalue weighted by atomic mass is 79.9. The van der Waals surface area contributed by atoms with Gasteiger partial charge in [0.1, 0.15) is 17.3 Å². The van der Waals surface area contributed by atoms with Gasteiger partial charge in [-0.1, -0.05) is 5.16 Å². The Morgan fingerprint density at radius 3 is 2.80 bits per heavy atom. The van der Waals surface area contributed by atoms with Crippen LogP contribution >= 0.6 is 15.9 Å². The maximum absolute atomic E-state index is 13.2. The van der Waals surface area contributed by atoms with Gasteiger partial charge in [0.2, 0.25) is 5.82 Å². The summed E-state index contributed by atoms with van der Waals surface area (Å²) in [6, 6.07) is 7.00. The van der Waals surface area contributed by atoms with E-state index in [-0.39, 0.29) is 23.0 Å². The monoisotopic (exact) mass is 335 g/mol. The molecule has 0 radical (unpaired) electrons. The van der Waals surface area contributed by atoms with E-state index >= 15 is 0 Å². The Bertz CT molecular complexity index is 759. The van der Waals surface area contributed by atoms with Crippen molar-refractivity contribution in [3.8, 4) is 28.7 Å². The van der Waals surface area contributed by atoms with Gasteiger partial charge in [-0.15, -0.1) is 0 Å². The van der Waals surface area contributed by atoms with Crippen molar-refractivity contribution < 1.29 is 14.0 Å². The van der Waals surface area contributed by atoms with Crippen molar-refractivity contribution in [2.45, 2.75) is 0 Å². The fourth-order valence-corrected chi connectivity index (χ4v) is 1.86. The largest absolute Gasteiger partial charge is 0.507 e. The van der Waals surface area contributed by atoms with Crippen molar-refractivity contribution in [2.75, 3.05) is 0 Å². The van der Waals surface area contributed by atoms with E-state index in [2.05, 4.69) is 31.1 Å². The summed E-state index contributed by atoms with van der Waals surface area (Å²) >= 11 is 3.28. The van der Waals surface area contributed by atoms with Crippen molar-refractivity contribution in [2.24, 2.45) is 0 Å². The van der Waals surface area contributed by atoms with Crippen molar-refractivity contribution in [3.05, 3.63) is 46.8 Å². The molecule has 100 valence electrons. The van der Waals surface area contributed by atoms with Crippen LogP contribution in [0.3, 0.4) is 0 Å². The van der Waals surface area contributed by atoms with Gasteiger partial charge in [0.25, 0.3) is 5.89 Å². The SMILES string of the molecule is Oc1ccc(F)cc1-c1nc(-c2ccc(Br)cn2)no1. The summed E-state index contributed by atoms with van der Waals surface area (Å²) in [7, 11) is 0. The highest BCUT2D eigenvalue weighted by Crippen LogP contribution is 2.29. The molecule has 0 bridgehead atoms. The summed E-state index contributed by atoms with van der Waals surface area (Å²) in [5.41, 5.74) is 0.653. The number of rotatable bonds is 2. The third kappa shape index (κ3) is 2.39. The molecule has 2 heterocycles. The highest BCUT2D eigenvalue weighted by molar-refractivity contribution is 9.10. The molecule has 3 aromatic rings. The number of phenols is 1. The lowest BCUT2D eigenvalue weighted by molar-refractivity contribution is 0.425. The number of halogens is 2. The molecule has 1 N–H and O–H groups in total. The van der Waals surface area contributed by atoms with Gasteiger partial charge in [-0.05, 0) is 46.3 Å². The predicted octanol–water partition coefficient (Wildman–Crippen LogP) is 3.41. The predicted molar refractivity (Wildman–Crippen MR) is 72.3 cm³/mol. The number of aromatic nitrogens is 3. The molecular formula is C13H7BrFN3O2. The molecule has 0 spiro atoms. The molecule has 0 amide bonds. The van der Waals surface area contributed by atoms with Crippen LogP contribution < -0.4 is 0 Å². The molecule has 0 fully saturated rings. The van der Waals surface area contributed by atoms with E-state index < -0.39 is 5.82 Å². The maximum Gasteiger partial charge on any atom is 0.262 e. The Morgan fingerprint density at radius 2 is 2.05 bits per heavy atom. The molecule has 0 saturated heterocycles. The van der Waals surface area contributed by atoms with E-state index in [1.165, 1.54) is 6.07 Å². The zero-order chi connectivity index (χ0) is 14.1. The van der Waals surface area contributed by atoms with Crippen molar-refractivity contribution in [3.63, 3.8) is 0 Å². The quantitative estimate of drug-likeness (QED) is 0.776. The molecule has 5 nitrogen and oxygen atoms in total. The lowest BCUT2D eigenvalue weighted by atomic mass is 10.2. The van der Waals surface area contributed by atoms with E-state index in [9.17, 15) is 9.50 Å². The molecule has 1 aromatic carbocycles. The normalized spacial score (nSPS) is 10.7. The minimum absolute atomic E-state index is 0.0294. The standard InChI is InChI=1S/C13H7BrFN3O2/c14-7-1-3-10(16-6-7)12-17-13(20-18-12)9-5-8(15)2-4-11(9)19/h1-6,19H. The van der Waals surface area contributed by atoms with Gasteiger partial charge < -0.3 is 9.63 Å². The molecule has 0 aliphatic rings. The Hall–Kier alpha value is -2.28. The van der Waals surface area contributed by atoms with Crippen LogP contribution in [0, 0.1) is 5.82 Å². The second-order valence-electron chi connectivity index (χ2n) is 3.95. The summed E-state index contributed by atoms with van der Waals surface area (Å²) in [5.74, 6) is -0.345. The number of hydrogen-bond acceptors (Lipinski definition) is 5. The fourth-order valence-electron chi connectivity index (χ4n) is 1.62. The molecule has 0 saturated carbocycles. The zero-order valence-corrected chi connectivity index (χ0v) is 11.5. The summed E-state index contributed by atoms with van der Waals surface area (Å²) in [6.07, 6.45) is 1.60. The molecular weight excluding hydrogens is 329 g/mol. The van der Waals surface area contributed by atoms with Gasteiger partial charge in [-0.3, -0.25) is 4.98 Å². The summed E-state index contributed by atoms with van der Waals surface area (Å²) in [6.45, 7) is 0. The summed E-state index contributed by atoms with van der Waals surface area (Å²) in [5, 5.41) is 13.5. The summed E-state index contributed by atoms with van der Waals surface area (Å²) in [4.78, 5) is 8.23. The van der Waals surface area contributed by atoms with Crippen molar-refractivity contribution in [1.82, 2.24) is 15.1 Å². The first-order valence-electron chi connectivity index (χ1n) is 5.58. The van der Waals surface area contributed by atoms with Crippen LogP contribution in [0.25, 0.3) is 23.0 Å². The van der Waals surface area contributed by atoms with E-state index in [1.54, 1.807) is 18.3 Å². The molecule has 20 heavy (non-hydrogen) atoms. The lowest BCUT2D eigenvalue weighted by Crippen LogP contribution is -1.86. The molecule has 2 aromatic heterocycles. The molecule has 0 aliphatic carbocycles. The fraction of sp³-hybridized carbons (Fsp3) is 0. The van der Waals surface area contributed by atoms with Crippen molar-refractivity contribution >= 4 is 15.9 Å². The minimum Gasteiger partial charge on any atom is -0.507 e. The van der Waals surface area contributed by atoms with Crippen LogP contribution in [-0.2, 0) is 0 Å². The number of pyridine rings is 1. The van der Waals surface area contributed by atoms with Gasteiger partial charge in [-0.25, -0.2) is 4.39 Å². The second-order valence-corrected chi connectivity index (χ2v) is 4.86. The first-order chi connectivity index (χ1) is 9.63. The van der Waals surface area contributed by atoms with Gasteiger partial charge >= 0.3 is 0 Å². The average molecular weight is 336 g/mol. The first kappa shape index (κ1) is 12.7. The molecule has 7 heteroatoms. The minimum atomic E-state index is -0.501. The first-order valence-corrected chi connectivity index (χ1v) is 6.37. The Kier molecular flexibility index (Phi) is 3.19. The Balaban J connectivity index is 2.01. The van der Waals surface area contributed by atoms with E-state index in [4.69, 9.17) is 4.52 Å². The highest BCUT2D eigenvalue weighted by Gasteiger charge is 2.15. The molecule has 3 rings (SSSR count). The number of benzene rings is 1. The Morgan fingerprint density at radius 1 is 1.20 bits per heavy atom. The van der Waals surface area contributed by atoms with Crippen LogP contribution in [0.15, 0.2) is 45.5 Å². The average Bonchev–Trinajstić information content (AvgIpc) is 2.92. The van der Waals surface area contributed by atoms with Gasteiger partial charge in [0, 0.05) is 10.7 Å². The van der Waals surface area contributed by atoms with E-state index in [0.29, 0.717) is 5.69 Å². The third-order valence-corrected chi connectivity index (χ3v) is 3.04. The number of phenolic OH excluding ortho intramolecular Hbond substituents is 1. The van der Waals surface area contributed by atoms with Gasteiger partial charge in [-0.2, -0.15) is 4.98 Å². The van der Waals surface area contributed by atoms with E-state index in [1.807, 2.05) is 0 Å². The summed E-state index contributed by atoms with van der Waals surface area (Å²) < 4.78 is 19.0. The number of nitrogens with zero attached hydrogens (tertiary/aromatic N) is 3. The van der Waals surface area contributed by atoms with E-state index in [0.717, 1.165) is 16.6 Å². The third-order valence-electron chi connectivity index (χ3n) is 2.57. The van der Waals surface area contributed by atoms with Gasteiger partial charge in [0.05, 0.1) is 5.56 Å². The lowest BCUT2D eigenvalue weighted by Gasteiger charge is -1.98. The topological polar surface area (TPSA) is 72.0 Å². The van der Waals surface area contributed by atoms with Crippen LogP contribution in [0.2, 0.25) is 0 Å². The molecule has 0 unspecified atom stereocenters. The number of hydrogen-bond donors (Lipinski definition) is 1.